The van der Waals surface area contributed by atoms with E-state index in [0.717, 1.165) is 38.2 Å². The predicted octanol–water partition coefficient (Wildman–Crippen LogP) is 2.37. The fourth-order valence-corrected chi connectivity index (χ4v) is 2.22. The van der Waals surface area contributed by atoms with E-state index in [2.05, 4.69) is 5.32 Å². The van der Waals surface area contributed by atoms with Crippen molar-refractivity contribution in [2.75, 3.05) is 25.6 Å². The highest BCUT2D eigenvalue weighted by molar-refractivity contribution is 5.89. The lowest BCUT2D eigenvalue weighted by atomic mass is 10.1. The van der Waals surface area contributed by atoms with E-state index in [-0.39, 0.29) is 5.56 Å². The van der Waals surface area contributed by atoms with E-state index < -0.39 is 5.97 Å². The van der Waals surface area contributed by atoms with E-state index in [0.29, 0.717) is 11.8 Å². The Morgan fingerprint density at radius 3 is 3.00 bits per heavy atom. The third-order valence-electron chi connectivity index (χ3n) is 3.26. The Balaban J connectivity index is 2.16. The van der Waals surface area contributed by atoms with Gasteiger partial charge in [0.2, 0.25) is 0 Å². The van der Waals surface area contributed by atoms with Gasteiger partial charge in [0.25, 0.3) is 0 Å². The Bertz CT molecular complexity index is 439. The molecule has 5 heteroatoms. The molecule has 0 saturated carbocycles. The smallest absolute Gasteiger partial charge is 0.335 e. The lowest BCUT2D eigenvalue weighted by molar-refractivity contribution is 0.0697. The number of aromatic carboxylic acids is 1. The van der Waals surface area contributed by atoms with Gasteiger partial charge in [0.05, 0.1) is 18.4 Å². The number of carbonyl (C=O) groups is 1. The number of carboxylic acids is 1. The van der Waals surface area contributed by atoms with Crippen molar-refractivity contribution >= 4 is 11.7 Å². The number of ether oxygens (including phenoxy) is 2. The molecule has 2 rings (SSSR count). The molecule has 1 heterocycles. The summed E-state index contributed by atoms with van der Waals surface area (Å²) in [6.45, 7) is 1.53. The van der Waals surface area contributed by atoms with Crippen molar-refractivity contribution < 1.29 is 19.4 Å². The number of carboxylic acid groups (broad SMARTS) is 1. The van der Waals surface area contributed by atoms with Crippen molar-refractivity contribution in [2.45, 2.75) is 25.3 Å². The molecular weight excluding hydrogens is 246 g/mol. The van der Waals surface area contributed by atoms with Crippen LogP contribution in [0.3, 0.4) is 0 Å². The molecule has 0 aliphatic carbocycles. The van der Waals surface area contributed by atoms with E-state index in [1.54, 1.807) is 25.3 Å². The molecule has 1 aromatic carbocycles. The molecule has 5 nitrogen and oxygen atoms in total. The van der Waals surface area contributed by atoms with Crippen LogP contribution < -0.4 is 10.1 Å². The minimum absolute atomic E-state index is 0.258. The van der Waals surface area contributed by atoms with Gasteiger partial charge in [0, 0.05) is 19.3 Å². The summed E-state index contributed by atoms with van der Waals surface area (Å²) in [5.41, 5.74) is 0.988. The first-order valence-corrected chi connectivity index (χ1v) is 6.46. The average molecular weight is 265 g/mol. The van der Waals surface area contributed by atoms with Crippen LogP contribution >= 0.6 is 0 Å². The fourth-order valence-electron chi connectivity index (χ4n) is 2.22. The summed E-state index contributed by atoms with van der Waals surface area (Å²) < 4.78 is 10.7. The van der Waals surface area contributed by atoms with Gasteiger partial charge in [-0.1, -0.05) is 0 Å². The largest absolute Gasteiger partial charge is 0.495 e. The molecule has 1 aliphatic rings. The van der Waals surface area contributed by atoms with E-state index in [4.69, 9.17) is 14.6 Å². The summed E-state index contributed by atoms with van der Waals surface area (Å²) >= 11 is 0. The van der Waals surface area contributed by atoms with Crippen LogP contribution in [-0.4, -0.2) is 37.4 Å². The molecule has 2 N–H and O–H groups in total. The number of methoxy groups -OCH3 is 1. The van der Waals surface area contributed by atoms with Crippen molar-refractivity contribution in [1.82, 2.24) is 0 Å². The van der Waals surface area contributed by atoms with Gasteiger partial charge in [-0.25, -0.2) is 4.79 Å². The van der Waals surface area contributed by atoms with Gasteiger partial charge < -0.3 is 19.9 Å². The molecule has 104 valence electrons. The molecule has 1 saturated heterocycles. The van der Waals surface area contributed by atoms with Gasteiger partial charge >= 0.3 is 5.97 Å². The number of anilines is 1. The van der Waals surface area contributed by atoms with Crippen LogP contribution in [0.4, 0.5) is 5.69 Å². The molecule has 1 aliphatic heterocycles. The Morgan fingerprint density at radius 2 is 2.26 bits per heavy atom. The van der Waals surface area contributed by atoms with Gasteiger partial charge in [0.1, 0.15) is 5.75 Å². The third-order valence-corrected chi connectivity index (χ3v) is 3.26. The summed E-state index contributed by atoms with van der Waals surface area (Å²) in [6.07, 6.45) is 2.94. The van der Waals surface area contributed by atoms with Gasteiger partial charge in [-0.2, -0.15) is 0 Å². The zero-order valence-corrected chi connectivity index (χ0v) is 11.0. The van der Waals surface area contributed by atoms with E-state index in [9.17, 15) is 4.79 Å². The Hall–Kier alpha value is -1.75. The van der Waals surface area contributed by atoms with E-state index in [1.807, 2.05) is 0 Å². The number of hydrogen-bond donors (Lipinski definition) is 2. The second-order valence-corrected chi connectivity index (χ2v) is 4.60. The first-order chi connectivity index (χ1) is 9.20. The second-order valence-electron chi connectivity index (χ2n) is 4.60. The second kappa shape index (κ2) is 6.43. The van der Waals surface area contributed by atoms with Crippen molar-refractivity contribution in [1.29, 1.82) is 0 Å². The van der Waals surface area contributed by atoms with Crippen molar-refractivity contribution in [3.8, 4) is 5.75 Å². The zero-order valence-electron chi connectivity index (χ0n) is 11.0. The third kappa shape index (κ3) is 3.61. The summed E-state index contributed by atoms with van der Waals surface area (Å²) in [4.78, 5) is 11.0. The van der Waals surface area contributed by atoms with Crippen LogP contribution in [0.2, 0.25) is 0 Å². The van der Waals surface area contributed by atoms with Gasteiger partial charge in [-0.05, 0) is 37.5 Å². The summed E-state index contributed by atoms with van der Waals surface area (Å²) in [6, 6.07) is 5.13. The van der Waals surface area contributed by atoms with Gasteiger partial charge in [-0.3, -0.25) is 0 Å². The van der Waals surface area contributed by atoms with Gasteiger partial charge in [-0.15, -0.1) is 0 Å². The molecule has 0 spiro atoms. The molecule has 1 atom stereocenters. The Morgan fingerprint density at radius 1 is 1.42 bits per heavy atom. The maximum absolute atomic E-state index is 11.0. The summed E-state index contributed by atoms with van der Waals surface area (Å²) in [7, 11) is 1.58. The lowest BCUT2D eigenvalue weighted by Gasteiger charge is -2.19. The molecule has 0 radical (unpaired) electrons. The first-order valence-electron chi connectivity index (χ1n) is 6.46. The standard InChI is InChI=1S/C14H19NO4/c1-18-13-5-4-10(14(16)17)9-12(13)15-11-3-2-7-19-8-6-11/h4-5,9,11,15H,2-3,6-8H2,1H3,(H,16,17). The summed E-state index contributed by atoms with van der Waals surface area (Å²) in [5, 5.41) is 12.4. The minimum atomic E-state index is -0.935. The van der Waals surface area contributed by atoms with E-state index in [1.165, 1.54) is 0 Å². The zero-order chi connectivity index (χ0) is 13.7. The molecule has 0 bridgehead atoms. The van der Waals surface area contributed by atoms with Crippen LogP contribution in [0.1, 0.15) is 29.6 Å². The molecule has 0 aromatic heterocycles. The highest BCUT2D eigenvalue weighted by Gasteiger charge is 2.15. The number of hydrogen-bond acceptors (Lipinski definition) is 4. The fraction of sp³-hybridized carbons (Fsp3) is 0.500. The minimum Gasteiger partial charge on any atom is -0.495 e. The molecule has 19 heavy (non-hydrogen) atoms. The maximum atomic E-state index is 11.0. The normalized spacial score (nSPS) is 19.5. The Labute approximate surface area is 112 Å². The molecule has 1 unspecified atom stereocenters. The number of benzene rings is 1. The molecule has 1 fully saturated rings. The first kappa shape index (κ1) is 13.7. The molecule has 0 amide bonds. The highest BCUT2D eigenvalue weighted by atomic mass is 16.5. The quantitative estimate of drug-likeness (QED) is 0.874. The maximum Gasteiger partial charge on any atom is 0.335 e. The topological polar surface area (TPSA) is 67.8 Å². The lowest BCUT2D eigenvalue weighted by Crippen LogP contribution is -2.20. The van der Waals surface area contributed by atoms with Crippen LogP contribution in [0.5, 0.6) is 5.75 Å². The SMILES string of the molecule is COc1ccc(C(=O)O)cc1NC1CCCOCC1. The average Bonchev–Trinajstić information content (AvgIpc) is 2.67. The van der Waals surface area contributed by atoms with Crippen LogP contribution in [0.15, 0.2) is 18.2 Å². The number of rotatable bonds is 4. The van der Waals surface area contributed by atoms with Gasteiger partial charge in [0.15, 0.2) is 0 Å². The molecular formula is C14H19NO4. The van der Waals surface area contributed by atoms with Crippen molar-refractivity contribution in [3.63, 3.8) is 0 Å². The predicted molar refractivity (Wildman–Crippen MR) is 72.0 cm³/mol. The molecule has 1 aromatic rings. The highest BCUT2D eigenvalue weighted by Crippen LogP contribution is 2.27. The van der Waals surface area contributed by atoms with Crippen molar-refractivity contribution in [2.24, 2.45) is 0 Å². The van der Waals surface area contributed by atoms with Crippen molar-refractivity contribution in [3.05, 3.63) is 23.8 Å². The monoisotopic (exact) mass is 265 g/mol. The van der Waals surface area contributed by atoms with Crippen LogP contribution in [0, 0.1) is 0 Å². The number of nitrogens with one attached hydrogen (secondary N) is 1. The van der Waals surface area contributed by atoms with Crippen LogP contribution in [0.25, 0.3) is 0 Å². The van der Waals surface area contributed by atoms with E-state index >= 15 is 0 Å². The van der Waals surface area contributed by atoms with Crippen LogP contribution in [-0.2, 0) is 4.74 Å². The summed E-state index contributed by atoms with van der Waals surface area (Å²) in [5.74, 6) is -0.273. The Kier molecular flexibility index (Phi) is 4.63.